The Labute approximate surface area is 152 Å². The van der Waals surface area contributed by atoms with Gasteiger partial charge in [-0.15, -0.1) is 0 Å². The van der Waals surface area contributed by atoms with Crippen LogP contribution in [-0.4, -0.2) is 35.3 Å². The molecule has 6 nitrogen and oxygen atoms in total. The number of fused-ring (bicyclic) bond motifs is 1. The van der Waals surface area contributed by atoms with Crippen LogP contribution in [0, 0.1) is 11.6 Å². The number of nitrogens with one attached hydrogen (secondary N) is 1. The van der Waals surface area contributed by atoms with Crippen molar-refractivity contribution in [3.63, 3.8) is 0 Å². The zero-order chi connectivity index (χ0) is 19.0. The quantitative estimate of drug-likeness (QED) is 0.734. The van der Waals surface area contributed by atoms with Gasteiger partial charge in [0.25, 0.3) is 5.91 Å². The smallest absolute Gasteiger partial charge is 0.251 e. The lowest BCUT2D eigenvalue weighted by molar-refractivity contribution is 0.0696. The largest absolute Gasteiger partial charge is 0.505 e. The third-order valence-corrected chi connectivity index (χ3v) is 4.46. The van der Waals surface area contributed by atoms with Gasteiger partial charge < -0.3 is 19.6 Å². The number of amides is 1. The number of phenols is 1. The van der Waals surface area contributed by atoms with E-state index in [0.29, 0.717) is 29.9 Å². The molecule has 0 aliphatic carbocycles. The summed E-state index contributed by atoms with van der Waals surface area (Å²) in [5.74, 6) is -3.57. The predicted octanol–water partition coefficient (Wildman–Crippen LogP) is 3.39. The number of oxazole rings is 1. The van der Waals surface area contributed by atoms with Crippen LogP contribution in [0.4, 0.5) is 8.78 Å². The van der Waals surface area contributed by atoms with Crippen molar-refractivity contribution in [1.29, 1.82) is 0 Å². The van der Waals surface area contributed by atoms with Gasteiger partial charge in [0.05, 0.1) is 0 Å². The van der Waals surface area contributed by atoms with Crippen molar-refractivity contribution < 1.29 is 27.8 Å². The fraction of sp³-hybridized carbons (Fsp3) is 0.263. The molecule has 0 unspecified atom stereocenters. The van der Waals surface area contributed by atoms with E-state index in [1.165, 1.54) is 0 Å². The summed E-state index contributed by atoms with van der Waals surface area (Å²) in [6, 6.07) is 6.75. The Morgan fingerprint density at radius 3 is 2.70 bits per heavy atom. The molecule has 1 amide bonds. The van der Waals surface area contributed by atoms with Crippen molar-refractivity contribution in [3.8, 4) is 17.2 Å². The molecule has 0 atom stereocenters. The monoisotopic (exact) mass is 374 g/mol. The van der Waals surface area contributed by atoms with E-state index in [0.717, 1.165) is 25.0 Å². The van der Waals surface area contributed by atoms with Gasteiger partial charge in [0.2, 0.25) is 5.89 Å². The first-order valence-electron chi connectivity index (χ1n) is 8.49. The Bertz CT molecular complexity index is 989. The number of aromatic nitrogens is 1. The normalized spacial score (nSPS) is 15.2. The average molecular weight is 374 g/mol. The molecule has 0 bridgehead atoms. The molecule has 2 aromatic carbocycles. The second-order valence-corrected chi connectivity index (χ2v) is 6.35. The first-order chi connectivity index (χ1) is 13.0. The molecule has 1 aliphatic rings. The molecule has 2 N–H and O–H groups in total. The second-order valence-electron chi connectivity index (χ2n) is 6.35. The zero-order valence-corrected chi connectivity index (χ0v) is 14.2. The van der Waals surface area contributed by atoms with Gasteiger partial charge in [0.1, 0.15) is 5.52 Å². The molecule has 3 aromatic rings. The van der Waals surface area contributed by atoms with E-state index < -0.39 is 17.4 Å². The molecular formula is C19H16F2N2O4. The molecule has 1 fully saturated rings. The Morgan fingerprint density at radius 1 is 1.19 bits per heavy atom. The highest BCUT2D eigenvalue weighted by Gasteiger charge is 2.19. The number of phenolic OH excluding ortho intramolecular Hbond substituents is 1. The van der Waals surface area contributed by atoms with Crippen molar-refractivity contribution in [2.24, 2.45) is 0 Å². The molecule has 27 heavy (non-hydrogen) atoms. The molecule has 1 aliphatic heterocycles. The number of benzene rings is 2. The number of nitrogens with zero attached hydrogens (tertiary/aromatic N) is 1. The van der Waals surface area contributed by atoms with Crippen LogP contribution < -0.4 is 5.32 Å². The minimum Gasteiger partial charge on any atom is -0.505 e. The molecule has 0 radical (unpaired) electrons. The van der Waals surface area contributed by atoms with Gasteiger partial charge in [-0.3, -0.25) is 4.79 Å². The van der Waals surface area contributed by atoms with Gasteiger partial charge in [0, 0.05) is 30.4 Å². The second kappa shape index (κ2) is 6.96. The minimum atomic E-state index is -1.33. The highest BCUT2D eigenvalue weighted by atomic mass is 19.2. The SMILES string of the molecule is O=C(NC1CCOCC1)c1ccc2oc(-c3cc(O)c(F)c(F)c3)nc2c1. The summed E-state index contributed by atoms with van der Waals surface area (Å²) in [6.45, 7) is 1.25. The van der Waals surface area contributed by atoms with Gasteiger partial charge in [0.15, 0.2) is 23.0 Å². The third kappa shape index (κ3) is 3.48. The maximum Gasteiger partial charge on any atom is 0.251 e. The topological polar surface area (TPSA) is 84.6 Å². The van der Waals surface area contributed by atoms with Crippen molar-refractivity contribution in [3.05, 3.63) is 47.5 Å². The van der Waals surface area contributed by atoms with Gasteiger partial charge >= 0.3 is 0 Å². The molecule has 0 saturated carbocycles. The molecule has 2 heterocycles. The van der Waals surface area contributed by atoms with Crippen LogP contribution in [0.2, 0.25) is 0 Å². The van der Waals surface area contributed by atoms with Gasteiger partial charge in [-0.1, -0.05) is 0 Å². The first kappa shape index (κ1) is 17.4. The van der Waals surface area contributed by atoms with Crippen LogP contribution in [0.15, 0.2) is 34.7 Å². The molecular weight excluding hydrogens is 358 g/mol. The lowest BCUT2D eigenvalue weighted by atomic mass is 10.1. The molecule has 1 aromatic heterocycles. The average Bonchev–Trinajstić information content (AvgIpc) is 3.10. The highest BCUT2D eigenvalue weighted by Crippen LogP contribution is 2.30. The van der Waals surface area contributed by atoms with Crippen LogP contribution in [0.25, 0.3) is 22.6 Å². The lowest BCUT2D eigenvalue weighted by Crippen LogP contribution is -2.38. The van der Waals surface area contributed by atoms with Crippen LogP contribution in [0.3, 0.4) is 0 Å². The Morgan fingerprint density at radius 2 is 1.96 bits per heavy atom. The highest BCUT2D eigenvalue weighted by molar-refractivity contribution is 5.97. The van der Waals surface area contributed by atoms with Crippen molar-refractivity contribution >= 4 is 17.0 Å². The Hall–Kier alpha value is -3.00. The molecule has 0 spiro atoms. The number of rotatable bonds is 3. The first-order valence-corrected chi connectivity index (χ1v) is 8.49. The Balaban J connectivity index is 1.61. The fourth-order valence-electron chi connectivity index (χ4n) is 3.00. The number of hydrogen-bond donors (Lipinski definition) is 2. The summed E-state index contributed by atoms with van der Waals surface area (Å²) < 4.78 is 37.5. The number of aromatic hydroxyl groups is 1. The van der Waals surface area contributed by atoms with Gasteiger partial charge in [-0.25, -0.2) is 9.37 Å². The maximum atomic E-state index is 13.5. The Kier molecular flexibility index (Phi) is 4.49. The van der Waals surface area contributed by atoms with E-state index in [2.05, 4.69) is 10.3 Å². The number of halogens is 2. The van der Waals surface area contributed by atoms with Crippen LogP contribution in [0.5, 0.6) is 5.75 Å². The summed E-state index contributed by atoms with van der Waals surface area (Å²) in [6.07, 6.45) is 1.53. The number of ether oxygens (including phenoxy) is 1. The maximum absolute atomic E-state index is 13.5. The summed E-state index contributed by atoms with van der Waals surface area (Å²) in [5, 5.41) is 12.4. The van der Waals surface area contributed by atoms with Crippen molar-refractivity contribution in [2.75, 3.05) is 13.2 Å². The lowest BCUT2D eigenvalue weighted by Gasteiger charge is -2.23. The zero-order valence-electron chi connectivity index (χ0n) is 14.2. The van der Waals surface area contributed by atoms with E-state index in [-0.39, 0.29) is 23.4 Å². The number of carbonyl (C=O) groups is 1. The molecule has 1 saturated heterocycles. The third-order valence-electron chi connectivity index (χ3n) is 4.46. The van der Waals surface area contributed by atoms with Crippen LogP contribution >= 0.6 is 0 Å². The molecule has 4 rings (SSSR count). The predicted molar refractivity (Wildman–Crippen MR) is 92.3 cm³/mol. The minimum absolute atomic E-state index is 0.0150. The summed E-state index contributed by atoms with van der Waals surface area (Å²) in [7, 11) is 0. The summed E-state index contributed by atoms with van der Waals surface area (Å²) >= 11 is 0. The molecule has 8 heteroatoms. The van der Waals surface area contributed by atoms with Crippen molar-refractivity contribution in [2.45, 2.75) is 18.9 Å². The standard InChI is InChI=1S/C19H16F2N2O4/c20-13-7-11(9-15(24)17(13)21)19-23-14-8-10(1-2-16(14)27-19)18(25)22-12-3-5-26-6-4-12/h1-2,7-9,12,24H,3-6H2,(H,22,25). The number of hydrogen-bond acceptors (Lipinski definition) is 5. The van der Waals surface area contributed by atoms with E-state index in [1.54, 1.807) is 18.2 Å². The summed E-state index contributed by atoms with van der Waals surface area (Å²) in [5.41, 5.74) is 1.29. The van der Waals surface area contributed by atoms with E-state index in [9.17, 15) is 18.7 Å². The van der Waals surface area contributed by atoms with Gasteiger partial charge in [-0.05, 0) is 43.2 Å². The van der Waals surface area contributed by atoms with E-state index in [4.69, 9.17) is 9.15 Å². The van der Waals surface area contributed by atoms with Gasteiger partial charge in [-0.2, -0.15) is 4.39 Å². The summed E-state index contributed by atoms with van der Waals surface area (Å²) in [4.78, 5) is 16.6. The fourth-order valence-corrected chi connectivity index (χ4v) is 3.00. The molecule has 140 valence electrons. The van der Waals surface area contributed by atoms with E-state index >= 15 is 0 Å². The van der Waals surface area contributed by atoms with E-state index in [1.807, 2.05) is 0 Å². The van der Waals surface area contributed by atoms with Crippen LogP contribution in [-0.2, 0) is 4.74 Å². The van der Waals surface area contributed by atoms with Crippen molar-refractivity contribution in [1.82, 2.24) is 10.3 Å². The van der Waals surface area contributed by atoms with Crippen LogP contribution in [0.1, 0.15) is 23.2 Å². The number of carbonyl (C=O) groups excluding carboxylic acids is 1.